The first-order chi connectivity index (χ1) is 11.1. The van der Waals surface area contributed by atoms with Crippen molar-refractivity contribution in [3.63, 3.8) is 0 Å². The summed E-state index contributed by atoms with van der Waals surface area (Å²) in [6.07, 6.45) is 3.88. The van der Waals surface area contributed by atoms with E-state index in [2.05, 4.69) is 22.5 Å². The monoisotopic (exact) mass is 393 g/mol. The Bertz CT molecular complexity index is 522. The summed E-state index contributed by atoms with van der Waals surface area (Å²) >= 11 is 12.0. The number of piperidine rings is 1. The Kier molecular flexibility index (Phi) is 10.0. The highest BCUT2D eigenvalue weighted by molar-refractivity contribution is 6.35. The van der Waals surface area contributed by atoms with Crippen LogP contribution in [0.4, 0.5) is 5.69 Å². The van der Waals surface area contributed by atoms with Gasteiger partial charge < -0.3 is 10.6 Å². The highest BCUT2D eigenvalue weighted by Crippen LogP contribution is 2.25. The van der Waals surface area contributed by atoms with Crippen LogP contribution in [0.2, 0.25) is 10.0 Å². The van der Waals surface area contributed by atoms with E-state index in [1.165, 1.54) is 0 Å². The third kappa shape index (κ3) is 6.77. The SMILES string of the molecule is CCCN(CCC(=O)Nc1cc(Cl)ccc1Cl)C1CCNCC1.Cl. The Balaban J connectivity index is 0.00000288. The molecule has 0 spiro atoms. The molecule has 1 aromatic carbocycles. The van der Waals surface area contributed by atoms with Gasteiger partial charge in [-0.15, -0.1) is 12.4 Å². The number of hydrogen-bond donors (Lipinski definition) is 2. The third-order valence-electron chi connectivity index (χ3n) is 4.16. The minimum atomic E-state index is -0.0239. The van der Waals surface area contributed by atoms with Crippen molar-refractivity contribution in [2.24, 2.45) is 0 Å². The Labute approximate surface area is 160 Å². The Hall–Kier alpha value is -0.520. The molecule has 0 radical (unpaired) electrons. The van der Waals surface area contributed by atoms with Crippen LogP contribution in [-0.4, -0.2) is 43.0 Å². The molecule has 0 aliphatic carbocycles. The van der Waals surface area contributed by atoms with E-state index in [0.717, 1.165) is 45.4 Å². The summed E-state index contributed by atoms with van der Waals surface area (Å²) in [7, 11) is 0. The summed E-state index contributed by atoms with van der Waals surface area (Å²) in [6, 6.07) is 5.66. The Morgan fingerprint density at radius 2 is 2.00 bits per heavy atom. The normalized spacial score (nSPS) is 15.2. The largest absolute Gasteiger partial charge is 0.325 e. The molecule has 1 saturated heterocycles. The maximum absolute atomic E-state index is 12.2. The van der Waals surface area contributed by atoms with Gasteiger partial charge in [-0.3, -0.25) is 9.69 Å². The van der Waals surface area contributed by atoms with Crippen molar-refractivity contribution in [3.8, 4) is 0 Å². The van der Waals surface area contributed by atoms with Crippen LogP contribution in [0.1, 0.15) is 32.6 Å². The van der Waals surface area contributed by atoms with Gasteiger partial charge in [0.1, 0.15) is 0 Å². The quantitative estimate of drug-likeness (QED) is 0.728. The van der Waals surface area contributed by atoms with Gasteiger partial charge >= 0.3 is 0 Å². The van der Waals surface area contributed by atoms with Gasteiger partial charge in [-0.2, -0.15) is 0 Å². The molecule has 7 heteroatoms. The van der Waals surface area contributed by atoms with Crippen molar-refractivity contribution < 1.29 is 4.79 Å². The van der Waals surface area contributed by atoms with Crippen LogP contribution in [-0.2, 0) is 4.79 Å². The number of carbonyl (C=O) groups is 1. The molecule has 1 fully saturated rings. The lowest BCUT2D eigenvalue weighted by molar-refractivity contribution is -0.116. The van der Waals surface area contributed by atoms with Crippen LogP contribution in [0.5, 0.6) is 0 Å². The van der Waals surface area contributed by atoms with Crippen molar-refractivity contribution in [3.05, 3.63) is 28.2 Å². The topological polar surface area (TPSA) is 44.4 Å². The first-order valence-corrected chi connectivity index (χ1v) is 9.05. The van der Waals surface area contributed by atoms with Crippen LogP contribution in [0.3, 0.4) is 0 Å². The van der Waals surface area contributed by atoms with Crippen LogP contribution in [0.25, 0.3) is 0 Å². The van der Waals surface area contributed by atoms with E-state index >= 15 is 0 Å². The number of nitrogens with one attached hydrogen (secondary N) is 2. The zero-order valence-electron chi connectivity index (χ0n) is 14.0. The van der Waals surface area contributed by atoms with Gasteiger partial charge in [0.2, 0.25) is 5.91 Å². The molecule has 4 nitrogen and oxygen atoms in total. The van der Waals surface area contributed by atoms with Gasteiger partial charge in [0.05, 0.1) is 10.7 Å². The molecular weight excluding hydrogens is 369 g/mol. The number of benzene rings is 1. The highest BCUT2D eigenvalue weighted by atomic mass is 35.5. The molecule has 1 amide bonds. The average molecular weight is 395 g/mol. The second kappa shape index (κ2) is 11.2. The summed E-state index contributed by atoms with van der Waals surface area (Å²) < 4.78 is 0. The van der Waals surface area contributed by atoms with Crippen molar-refractivity contribution in [1.82, 2.24) is 10.2 Å². The number of rotatable bonds is 7. The molecule has 2 rings (SSSR count). The molecule has 0 unspecified atom stereocenters. The molecular formula is C17H26Cl3N3O. The van der Waals surface area contributed by atoms with Gasteiger partial charge in [0.15, 0.2) is 0 Å². The van der Waals surface area contributed by atoms with Crippen molar-refractivity contribution in [2.75, 3.05) is 31.5 Å². The first kappa shape index (κ1) is 21.5. The number of carbonyl (C=O) groups excluding carboxylic acids is 1. The molecule has 1 aliphatic heterocycles. The highest BCUT2D eigenvalue weighted by Gasteiger charge is 2.20. The number of anilines is 1. The van der Waals surface area contributed by atoms with E-state index in [0.29, 0.717) is 28.2 Å². The minimum Gasteiger partial charge on any atom is -0.325 e. The van der Waals surface area contributed by atoms with Crippen LogP contribution >= 0.6 is 35.6 Å². The molecule has 2 N–H and O–H groups in total. The van der Waals surface area contributed by atoms with Crippen molar-refractivity contribution in [2.45, 2.75) is 38.6 Å². The molecule has 0 aromatic heterocycles. The minimum absolute atomic E-state index is 0. The maximum atomic E-state index is 12.2. The van der Waals surface area contributed by atoms with E-state index in [4.69, 9.17) is 23.2 Å². The summed E-state index contributed by atoms with van der Waals surface area (Å²) in [6.45, 7) is 6.13. The summed E-state index contributed by atoms with van der Waals surface area (Å²) in [5, 5.41) is 7.31. The lowest BCUT2D eigenvalue weighted by atomic mass is 10.0. The molecule has 0 saturated carbocycles. The second-order valence-electron chi connectivity index (χ2n) is 5.94. The van der Waals surface area contributed by atoms with Crippen LogP contribution in [0.15, 0.2) is 18.2 Å². The third-order valence-corrected chi connectivity index (χ3v) is 4.73. The molecule has 1 aromatic rings. The molecule has 1 heterocycles. The number of hydrogen-bond acceptors (Lipinski definition) is 3. The van der Waals surface area contributed by atoms with Crippen LogP contribution in [0, 0.1) is 0 Å². The lowest BCUT2D eigenvalue weighted by Crippen LogP contribution is -2.44. The molecule has 1 aliphatic rings. The Morgan fingerprint density at radius 1 is 1.29 bits per heavy atom. The van der Waals surface area contributed by atoms with Gasteiger partial charge in [-0.05, 0) is 57.1 Å². The van der Waals surface area contributed by atoms with Crippen molar-refractivity contribution in [1.29, 1.82) is 0 Å². The van der Waals surface area contributed by atoms with Crippen molar-refractivity contribution >= 4 is 47.2 Å². The van der Waals surface area contributed by atoms with Gasteiger partial charge in [-0.1, -0.05) is 30.1 Å². The fraction of sp³-hybridized carbons (Fsp3) is 0.588. The number of halogens is 3. The fourth-order valence-corrected chi connectivity index (χ4v) is 3.32. The zero-order chi connectivity index (χ0) is 16.7. The van der Waals surface area contributed by atoms with Gasteiger partial charge in [0, 0.05) is 24.0 Å². The van der Waals surface area contributed by atoms with E-state index < -0.39 is 0 Å². The summed E-state index contributed by atoms with van der Waals surface area (Å²) in [5.41, 5.74) is 0.577. The zero-order valence-corrected chi connectivity index (χ0v) is 16.3. The average Bonchev–Trinajstić information content (AvgIpc) is 2.55. The fourth-order valence-electron chi connectivity index (χ4n) is 2.99. The molecule has 0 bridgehead atoms. The van der Waals surface area contributed by atoms with E-state index in [1.54, 1.807) is 18.2 Å². The number of nitrogens with zero attached hydrogens (tertiary/aromatic N) is 1. The number of amides is 1. The second-order valence-corrected chi connectivity index (χ2v) is 6.78. The molecule has 24 heavy (non-hydrogen) atoms. The van der Waals surface area contributed by atoms with Gasteiger partial charge in [-0.25, -0.2) is 0 Å². The van der Waals surface area contributed by atoms with E-state index in [-0.39, 0.29) is 18.3 Å². The lowest BCUT2D eigenvalue weighted by Gasteiger charge is -2.34. The Morgan fingerprint density at radius 3 is 2.67 bits per heavy atom. The predicted molar refractivity (Wildman–Crippen MR) is 105 cm³/mol. The maximum Gasteiger partial charge on any atom is 0.225 e. The van der Waals surface area contributed by atoms with E-state index in [1.807, 2.05) is 0 Å². The smallest absolute Gasteiger partial charge is 0.225 e. The van der Waals surface area contributed by atoms with Crippen LogP contribution < -0.4 is 10.6 Å². The summed E-state index contributed by atoms with van der Waals surface area (Å²) in [5.74, 6) is -0.0239. The molecule has 0 atom stereocenters. The standard InChI is InChI=1S/C17H25Cl2N3O.ClH/c1-2-10-22(14-5-8-20-9-6-14)11-7-17(23)21-16-12-13(18)3-4-15(16)19;/h3-4,12,14,20H,2,5-11H2,1H3,(H,21,23);1H. The predicted octanol–water partition coefficient (Wildman–Crippen LogP) is 4.21. The summed E-state index contributed by atoms with van der Waals surface area (Å²) in [4.78, 5) is 14.7. The molecule has 136 valence electrons. The first-order valence-electron chi connectivity index (χ1n) is 8.30. The van der Waals surface area contributed by atoms with E-state index in [9.17, 15) is 4.79 Å². The van der Waals surface area contributed by atoms with Gasteiger partial charge in [0.25, 0.3) is 0 Å².